The molecule has 1 atom stereocenters. The number of hydrogen-bond acceptors (Lipinski definition) is 4. The Morgan fingerprint density at radius 1 is 0.966 bits per heavy atom. The predicted octanol–water partition coefficient (Wildman–Crippen LogP) is 4.30. The summed E-state index contributed by atoms with van der Waals surface area (Å²) in [6, 6.07) is 25.0. The molecule has 0 unspecified atom stereocenters. The van der Waals surface area contributed by atoms with Gasteiger partial charge < -0.3 is 14.9 Å². The van der Waals surface area contributed by atoms with Gasteiger partial charge in [0.15, 0.2) is 0 Å². The van der Waals surface area contributed by atoms with Gasteiger partial charge in [-0.1, -0.05) is 60.7 Å². The quantitative estimate of drug-likeness (QED) is 0.660. The van der Waals surface area contributed by atoms with E-state index in [4.69, 9.17) is 4.74 Å². The molecule has 3 aromatic rings. The zero-order valence-electron chi connectivity index (χ0n) is 16.7. The van der Waals surface area contributed by atoms with Gasteiger partial charge in [-0.25, -0.2) is 0 Å². The Labute approximate surface area is 172 Å². The van der Waals surface area contributed by atoms with Crippen molar-refractivity contribution >= 4 is 0 Å². The number of benzene rings is 3. The van der Waals surface area contributed by atoms with E-state index in [1.54, 1.807) is 19.2 Å². The van der Waals surface area contributed by atoms with Crippen molar-refractivity contribution in [3.63, 3.8) is 0 Å². The van der Waals surface area contributed by atoms with Crippen LogP contribution in [0.25, 0.3) is 0 Å². The highest BCUT2D eigenvalue weighted by atomic mass is 16.5. The molecular formula is C25H27NO3. The maximum absolute atomic E-state index is 12.1. The summed E-state index contributed by atoms with van der Waals surface area (Å²) in [5, 5.41) is 22.5. The van der Waals surface area contributed by atoms with Gasteiger partial charge in [0.05, 0.1) is 7.11 Å². The number of rotatable bonds is 6. The van der Waals surface area contributed by atoms with Crippen LogP contribution >= 0.6 is 0 Å². The fourth-order valence-electron chi connectivity index (χ4n) is 4.46. The van der Waals surface area contributed by atoms with Crippen LogP contribution in [-0.4, -0.2) is 34.8 Å². The monoisotopic (exact) mass is 389 g/mol. The van der Waals surface area contributed by atoms with E-state index in [9.17, 15) is 10.2 Å². The highest BCUT2D eigenvalue weighted by molar-refractivity contribution is 5.41. The molecule has 1 heterocycles. The first kappa shape index (κ1) is 19.5. The van der Waals surface area contributed by atoms with E-state index < -0.39 is 5.60 Å². The normalized spacial score (nSPS) is 17.4. The lowest BCUT2D eigenvalue weighted by Gasteiger charge is -2.40. The third-order valence-corrected chi connectivity index (χ3v) is 5.93. The summed E-state index contributed by atoms with van der Waals surface area (Å²) in [5.74, 6) is 0.967. The summed E-state index contributed by atoms with van der Waals surface area (Å²) < 4.78 is 5.33. The van der Waals surface area contributed by atoms with Crippen molar-refractivity contribution in [1.82, 2.24) is 4.90 Å². The first-order valence-electron chi connectivity index (χ1n) is 10.1. The topological polar surface area (TPSA) is 52.9 Å². The first-order valence-corrected chi connectivity index (χ1v) is 10.1. The fraction of sp³-hybridized carbons (Fsp3) is 0.280. The lowest BCUT2D eigenvalue weighted by Crippen LogP contribution is -2.48. The molecule has 3 aromatic carbocycles. The Kier molecular flexibility index (Phi) is 5.56. The van der Waals surface area contributed by atoms with E-state index in [0.29, 0.717) is 6.54 Å². The average Bonchev–Trinajstić information content (AvgIpc) is 3.24. The molecule has 0 aromatic heterocycles. The van der Waals surface area contributed by atoms with Crippen LogP contribution in [0.2, 0.25) is 0 Å². The third-order valence-electron chi connectivity index (χ3n) is 5.93. The summed E-state index contributed by atoms with van der Waals surface area (Å²) in [4.78, 5) is 2.27. The summed E-state index contributed by atoms with van der Waals surface area (Å²) >= 11 is 0. The second-order valence-corrected chi connectivity index (χ2v) is 7.62. The maximum atomic E-state index is 12.1. The van der Waals surface area contributed by atoms with Crippen molar-refractivity contribution in [1.29, 1.82) is 0 Å². The van der Waals surface area contributed by atoms with E-state index in [0.717, 1.165) is 41.8 Å². The Balaban J connectivity index is 1.73. The Morgan fingerprint density at radius 3 is 2.17 bits per heavy atom. The molecule has 0 aliphatic carbocycles. The van der Waals surface area contributed by atoms with Gasteiger partial charge in [-0.05, 0) is 48.7 Å². The van der Waals surface area contributed by atoms with Gasteiger partial charge in [0.1, 0.15) is 17.1 Å². The number of phenols is 1. The molecule has 0 spiro atoms. The SMILES string of the molecule is COc1ccc(O)c(CN2CCC[C@H]2C(O)(c2ccccc2)c2ccccc2)c1. The highest BCUT2D eigenvalue weighted by Crippen LogP contribution is 2.41. The van der Waals surface area contributed by atoms with Gasteiger partial charge in [-0.3, -0.25) is 4.90 Å². The van der Waals surface area contributed by atoms with E-state index in [1.807, 2.05) is 66.7 Å². The van der Waals surface area contributed by atoms with Crippen LogP contribution in [0, 0.1) is 0 Å². The van der Waals surface area contributed by atoms with Gasteiger partial charge in [0.25, 0.3) is 0 Å². The van der Waals surface area contributed by atoms with Crippen molar-refractivity contribution in [3.8, 4) is 11.5 Å². The predicted molar refractivity (Wildman–Crippen MR) is 114 cm³/mol. The largest absolute Gasteiger partial charge is 0.508 e. The number of methoxy groups -OCH3 is 1. The average molecular weight is 389 g/mol. The van der Waals surface area contributed by atoms with Gasteiger partial charge in [-0.2, -0.15) is 0 Å². The van der Waals surface area contributed by atoms with Gasteiger partial charge in [-0.15, -0.1) is 0 Å². The highest BCUT2D eigenvalue weighted by Gasteiger charge is 2.45. The molecule has 29 heavy (non-hydrogen) atoms. The Morgan fingerprint density at radius 2 is 1.59 bits per heavy atom. The van der Waals surface area contributed by atoms with E-state index >= 15 is 0 Å². The lowest BCUT2D eigenvalue weighted by molar-refractivity contribution is -0.00673. The van der Waals surface area contributed by atoms with Gasteiger partial charge in [0.2, 0.25) is 0 Å². The molecular weight excluding hydrogens is 362 g/mol. The molecule has 0 radical (unpaired) electrons. The van der Waals surface area contributed by atoms with Crippen molar-refractivity contribution in [2.75, 3.05) is 13.7 Å². The molecule has 1 fully saturated rings. The van der Waals surface area contributed by atoms with Crippen molar-refractivity contribution in [2.45, 2.75) is 31.0 Å². The van der Waals surface area contributed by atoms with Crippen LogP contribution < -0.4 is 4.74 Å². The fourth-order valence-corrected chi connectivity index (χ4v) is 4.46. The molecule has 4 nitrogen and oxygen atoms in total. The number of ether oxygens (including phenoxy) is 1. The van der Waals surface area contributed by atoms with E-state index in [-0.39, 0.29) is 11.8 Å². The number of phenolic OH excluding ortho intramolecular Hbond substituents is 1. The van der Waals surface area contributed by atoms with Gasteiger partial charge in [0, 0.05) is 18.2 Å². The van der Waals surface area contributed by atoms with Crippen LogP contribution in [0.3, 0.4) is 0 Å². The minimum atomic E-state index is -1.13. The van der Waals surface area contributed by atoms with Crippen LogP contribution in [0.1, 0.15) is 29.5 Å². The molecule has 150 valence electrons. The molecule has 0 bridgehead atoms. The zero-order chi connectivity index (χ0) is 20.3. The molecule has 0 amide bonds. The Hall–Kier alpha value is -2.82. The second-order valence-electron chi connectivity index (χ2n) is 7.62. The summed E-state index contributed by atoms with van der Waals surface area (Å²) in [6.07, 6.45) is 1.88. The minimum Gasteiger partial charge on any atom is -0.508 e. The number of aliphatic hydroxyl groups is 1. The van der Waals surface area contributed by atoms with Crippen LogP contribution in [0.5, 0.6) is 11.5 Å². The Bertz CT molecular complexity index is 903. The maximum Gasteiger partial charge on any atom is 0.130 e. The summed E-state index contributed by atoms with van der Waals surface area (Å²) in [6.45, 7) is 1.42. The zero-order valence-corrected chi connectivity index (χ0v) is 16.7. The van der Waals surface area contributed by atoms with E-state index in [2.05, 4.69) is 4.90 Å². The van der Waals surface area contributed by atoms with Crippen molar-refractivity contribution in [3.05, 3.63) is 95.6 Å². The smallest absolute Gasteiger partial charge is 0.130 e. The van der Waals surface area contributed by atoms with Crippen LogP contribution in [-0.2, 0) is 12.1 Å². The molecule has 1 aliphatic heterocycles. The summed E-state index contributed by atoms with van der Waals surface area (Å²) in [5.41, 5.74) is 1.45. The van der Waals surface area contributed by atoms with Crippen LogP contribution in [0.15, 0.2) is 78.9 Å². The van der Waals surface area contributed by atoms with Gasteiger partial charge >= 0.3 is 0 Å². The summed E-state index contributed by atoms with van der Waals surface area (Å²) in [7, 11) is 1.62. The number of likely N-dealkylation sites (tertiary alicyclic amines) is 1. The first-order chi connectivity index (χ1) is 14.1. The molecule has 2 N–H and O–H groups in total. The molecule has 1 saturated heterocycles. The number of hydrogen-bond donors (Lipinski definition) is 2. The minimum absolute atomic E-state index is 0.0992. The number of nitrogens with zero attached hydrogens (tertiary/aromatic N) is 1. The van der Waals surface area contributed by atoms with Crippen LogP contribution in [0.4, 0.5) is 0 Å². The lowest BCUT2D eigenvalue weighted by atomic mass is 9.79. The molecule has 0 saturated carbocycles. The standard InChI is InChI=1S/C25H27NO3/c1-29-22-14-15-23(27)19(17-22)18-26-16-8-13-24(26)25(28,20-9-4-2-5-10-20)21-11-6-3-7-12-21/h2-7,9-12,14-15,17,24,27-28H,8,13,16,18H2,1H3/t24-/m0/s1. The molecule has 4 heteroatoms. The van der Waals surface area contributed by atoms with Crippen molar-refractivity contribution < 1.29 is 14.9 Å². The van der Waals surface area contributed by atoms with Crippen molar-refractivity contribution in [2.24, 2.45) is 0 Å². The number of aromatic hydroxyl groups is 1. The van der Waals surface area contributed by atoms with E-state index in [1.165, 1.54) is 0 Å². The molecule has 4 rings (SSSR count). The molecule has 1 aliphatic rings. The second kappa shape index (κ2) is 8.27. The third kappa shape index (κ3) is 3.74.